The maximum Gasteiger partial charge on any atom is 0.416 e. The molecule has 242 valence electrons. The lowest BCUT2D eigenvalue weighted by atomic mass is 10.0. The monoisotopic (exact) mass is 639 g/mol. The number of amides is 3. The zero-order chi connectivity index (χ0) is 32.9. The number of carbonyl (C=O) groups is 3. The van der Waals surface area contributed by atoms with Gasteiger partial charge in [-0.2, -0.15) is 26.3 Å². The van der Waals surface area contributed by atoms with E-state index in [1.54, 1.807) is 54.6 Å². The zero-order valence-corrected chi connectivity index (χ0v) is 23.8. The maximum absolute atomic E-state index is 13.2. The Balaban J connectivity index is 1.56. The van der Waals surface area contributed by atoms with Gasteiger partial charge in [0.2, 0.25) is 5.91 Å². The molecule has 3 rings (SSSR count). The number of benzene rings is 3. The summed E-state index contributed by atoms with van der Waals surface area (Å²) in [5.41, 5.74) is -2.04. The van der Waals surface area contributed by atoms with E-state index in [0.717, 1.165) is 11.1 Å². The van der Waals surface area contributed by atoms with E-state index < -0.39 is 59.6 Å². The SMILES string of the molecule is O=C(Cc1cc(C(F)(F)F)cc(C(F)(F)F)c1)NC[C@H](CCCNC(=O)OCc1ccccc1)NC(=O)OCc1ccccc1. The molecule has 0 aliphatic heterocycles. The average molecular weight is 640 g/mol. The van der Waals surface area contributed by atoms with Crippen LogP contribution >= 0.6 is 0 Å². The summed E-state index contributed by atoms with van der Waals surface area (Å²) in [5.74, 6) is -0.866. The molecule has 14 heteroatoms. The Morgan fingerprint density at radius 3 is 1.69 bits per heavy atom. The Bertz CT molecular complexity index is 1370. The van der Waals surface area contributed by atoms with Crippen molar-refractivity contribution in [1.82, 2.24) is 16.0 Å². The third-order valence-electron chi connectivity index (χ3n) is 6.30. The number of nitrogens with one attached hydrogen (secondary N) is 3. The van der Waals surface area contributed by atoms with Crippen LogP contribution in [0.4, 0.5) is 35.9 Å². The van der Waals surface area contributed by atoms with E-state index in [2.05, 4.69) is 16.0 Å². The maximum atomic E-state index is 13.2. The highest BCUT2D eigenvalue weighted by molar-refractivity contribution is 5.79. The number of rotatable bonds is 13. The molecule has 1 atom stereocenters. The Hall–Kier alpha value is -4.75. The summed E-state index contributed by atoms with van der Waals surface area (Å²) in [6, 6.07) is 18.0. The van der Waals surface area contributed by atoms with Crippen LogP contribution in [0.15, 0.2) is 78.9 Å². The topological polar surface area (TPSA) is 106 Å². The Labute approximate surface area is 255 Å². The minimum absolute atomic E-state index is 0.0199. The first-order chi connectivity index (χ1) is 21.3. The molecule has 0 aliphatic carbocycles. The lowest BCUT2D eigenvalue weighted by Gasteiger charge is -2.20. The van der Waals surface area contributed by atoms with Gasteiger partial charge in [-0.3, -0.25) is 4.79 Å². The number of carbonyl (C=O) groups excluding carboxylic acids is 3. The lowest BCUT2D eigenvalue weighted by molar-refractivity contribution is -0.143. The molecule has 0 aromatic heterocycles. The summed E-state index contributed by atoms with van der Waals surface area (Å²) in [6.07, 6.45) is -11.8. The van der Waals surface area contributed by atoms with Gasteiger partial charge in [-0.25, -0.2) is 9.59 Å². The van der Waals surface area contributed by atoms with Crippen molar-refractivity contribution in [2.24, 2.45) is 0 Å². The molecule has 0 saturated heterocycles. The summed E-state index contributed by atoms with van der Waals surface area (Å²) >= 11 is 0. The third kappa shape index (κ3) is 12.8. The van der Waals surface area contributed by atoms with Crippen molar-refractivity contribution in [2.75, 3.05) is 13.1 Å². The largest absolute Gasteiger partial charge is 0.445 e. The number of alkyl halides is 6. The fourth-order valence-corrected chi connectivity index (χ4v) is 4.08. The average Bonchev–Trinajstić information content (AvgIpc) is 2.99. The van der Waals surface area contributed by atoms with E-state index in [4.69, 9.17) is 9.47 Å². The van der Waals surface area contributed by atoms with Crippen LogP contribution in [-0.4, -0.2) is 37.2 Å². The van der Waals surface area contributed by atoms with Gasteiger partial charge in [-0.1, -0.05) is 60.7 Å². The van der Waals surface area contributed by atoms with Crippen molar-refractivity contribution in [3.63, 3.8) is 0 Å². The van der Waals surface area contributed by atoms with E-state index in [-0.39, 0.29) is 38.8 Å². The first kappa shape index (κ1) is 34.7. The van der Waals surface area contributed by atoms with Crippen molar-refractivity contribution in [3.8, 4) is 0 Å². The smallest absolute Gasteiger partial charge is 0.416 e. The van der Waals surface area contributed by atoms with Crippen LogP contribution in [0.25, 0.3) is 0 Å². The number of ether oxygens (including phenoxy) is 2. The van der Waals surface area contributed by atoms with Crippen LogP contribution in [0.5, 0.6) is 0 Å². The van der Waals surface area contributed by atoms with Crippen LogP contribution in [-0.2, 0) is 46.3 Å². The molecule has 0 radical (unpaired) electrons. The molecule has 0 spiro atoms. The summed E-state index contributed by atoms with van der Waals surface area (Å²) in [7, 11) is 0. The highest BCUT2D eigenvalue weighted by atomic mass is 19.4. The molecule has 8 nitrogen and oxygen atoms in total. The fourth-order valence-electron chi connectivity index (χ4n) is 4.08. The highest BCUT2D eigenvalue weighted by Crippen LogP contribution is 2.36. The summed E-state index contributed by atoms with van der Waals surface area (Å²) in [6.45, 7) is -0.0593. The Morgan fingerprint density at radius 1 is 0.667 bits per heavy atom. The van der Waals surface area contributed by atoms with Crippen molar-refractivity contribution >= 4 is 18.1 Å². The molecular weight excluding hydrogens is 608 g/mol. The molecule has 0 heterocycles. The quantitative estimate of drug-likeness (QED) is 0.149. The predicted molar refractivity (Wildman–Crippen MR) is 151 cm³/mol. The fraction of sp³-hybridized carbons (Fsp3) is 0.323. The summed E-state index contributed by atoms with van der Waals surface area (Å²) < 4.78 is 89.4. The van der Waals surface area contributed by atoms with E-state index in [1.807, 2.05) is 6.07 Å². The van der Waals surface area contributed by atoms with Gasteiger partial charge in [0.1, 0.15) is 13.2 Å². The van der Waals surface area contributed by atoms with E-state index in [0.29, 0.717) is 18.6 Å². The Morgan fingerprint density at radius 2 is 1.18 bits per heavy atom. The number of halogens is 6. The number of alkyl carbamates (subject to hydrolysis) is 2. The molecule has 0 unspecified atom stereocenters. The van der Waals surface area contributed by atoms with E-state index in [9.17, 15) is 40.7 Å². The van der Waals surface area contributed by atoms with Gasteiger partial charge in [-0.15, -0.1) is 0 Å². The van der Waals surface area contributed by atoms with Crippen LogP contribution in [0.2, 0.25) is 0 Å². The zero-order valence-electron chi connectivity index (χ0n) is 23.8. The molecule has 0 saturated carbocycles. The molecule has 3 amide bonds. The lowest BCUT2D eigenvalue weighted by Crippen LogP contribution is -2.44. The van der Waals surface area contributed by atoms with Gasteiger partial charge in [0.15, 0.2) is 0 Å². The van der Waals surface area contributed by atoms with Gasteiger partial charge < -0.3 is 25.4 Å². The van der Waals surface area contributed by atoms with Gasteiger partial charge in [0.05, 0.1) is 17.5 Å². The molecule has 45 heavy (non-hydrogen) atoms. The van der Waals surface area contributed by atoms with Crippen LogP contribution in [0.3, 0.4) is 0 Å². The summed E-state index contributed by atoms with van der Waals surface area (Å²) in [4.78, 5) is 37.0. The predicted octanol–water partition coefficient (Wildman–Crippen LogP) is 6.38. The molecule has 3 N–H and O–H groups in total. The normalized spacial score (nSPS) is 12.1. The number of hydrogen-bond donors (Lipinski definition) is 3. The van der Waals surface area contributed by atoms with Gasteiger partial charge in [0, 0.05) is 19.1 Å². The standard InChI is InChI=1S/C31H31F6N3O5/c32-30(33,34)24-14-23(15-25(17-24)31(35,36)37)16-27(41)39-18-26(40-29(43)45-20-22-10-5-2-6-11-22)12-7-13-38-28(42)44-19-21-8-3-1-4-9-21/h1-6,8-11,14-15,17,26H,7,12-13,16,18-20H2,(H,38,42)(H,39,41)(H,40,43)/t26-/m0/s1. The van der Waals surface area contributed by atoms with Crippen molar-refractivity contribution < 1.29 is 50.2 Å². The molecule has 0 aliphatic rings. The number of hydrogen-bond acceptors (Lipinski definition) is 5. The van der Waals surface area contributed by atoms with Crippen LogP contribution in [0.1, 0.15) is 40.7 Å². The Kier molecular flexibility index (Phi) is 12.6. The third-order valence-corrected chi connectivity index (χ3v) is 6.30. The van der Waals surface area contributed by atoms with Crippen molar-refractivity contribution in [2.45, 2.75) is 50.9 Å². The van der Waals surface area contributed by atoms with Gasteiger partial charge in [0.25, 0.3) is 0 Å². The van der Waals surface area contributed by atoms with Gasteiger partial charge in [-0.05, 0) is 47.7 Å². The molecule has 3 aromatic rings. The minimum atomic E-state index is -5.05. The molecule has 0 fully saturated rings. The van der Waals surface area contributed by atoms with Crippen LogP contribution in [0, 0.1) is 0 Å². The summed E-state index contributed by atoms with van der Waals surface area (Å²) in [5, 5.41) is 7.58. The van der Waals surface area contributed by atoms with E-state index >= 15 is 0 Å². The van der Waals surface area contributed by atoms with E-state index in [1.165, 1.54) is 0 Å². The first-order valence-corrected chi connectivity index (χ1v) is 13.8. The molecule has 3 aromatic carbocycles. The second-order valence-electron chi connectivity index (χ2n) is 9.93. The second-order valence-corrected chi connectivity index (χ2v) is 9.93. The first-order valence-electron chi connectivity index (χ1n) is 13.8. The molecular formula is C31H31F6N3O5. The van der Waals surface area contributed by atoms with Crippen LogP contribution < -0.4 is 16.0 Å². The van der Waals surface area contributed by atoms with Crippen molar-refractivity contribution in [1.29, 1.82) is 0 Å². The minimum Gasteiger partial charge on any atom is -0.445 e. The van der Waals surface area contributed by atoms with Gasteiger partial charge >= 0.3 is 24.5 Å². The molecule has 0 bridgehead atoms. The second kappa shape index (κ2) is 16.4. The highest BCUT2D eigenvalue weighted by Gasteiger charge is 2.37. The van der Waals surface area contributed by atoms with Crippen molar-refractivity contribution in [3.05, 3.63) is 107 Å².